The van der Waals surface area contributed by atoms with Crippen LogP contribution in [0.3, 0.4) is 0 Å². The molecule has 1 heterocycles. The number of halogens is 1. The van der Waals surface area contributed by atoms with Gasteiger partial charge in [-0.15, -0.1) is 0 Å². The van der Waals surface area contributed by atoms with Crippen molar-refractivity contribution in [2.75, 3.05) is 49.8 Å². The van der Waals surface area contributed by atoms with Crippen LogP contribution in [0.25, 0.3) is 0 Å². The summed E-state index contributed by atoms with van der Waals surface area (Å²) in [6.45, 7) is 6.71. The summed E-state index contributed by atoms with van der Waals surface area (Å²) in [7, 11) is -3.41. The molecule has 1 aromatic carbocycles. The van der Waals surface area contributed by atoms with Gasteiger partial charge in [0.25, 0.3) is 0 Å². The first-order valence-electron chi connectivity index (χ1n) is 8.54. The number of piperazine rings is 1. The van der Waals surface area contributed by atoms with Crippen LogP contribution in [0.2, 0.25) is 5.02 Å². The lowest BCUT2D eigenvalue weighted by Crippen LogP contribution is -2.48. The lowest BCUT2D eigenvalue weighted by Gasteiger charge is -2.34. The fraction of sp³-hybridized carbons (Fsp3) is 0.588. The molecule has 0 bridgehead atoms. The number of benzene rings is 1. The zero-order chi connectivity index (χ0) is 18.4. The highest BCUT2D eigenvalue weighted by Gasteiger charge is 2.21. The zero-order valence-electron chi connectivity index (χ0n) is 14.8. The molecule has 0 radical (unpaired) electrons. The number of hydrogen-bond donors (Lipinski definition) is 0. The van der Waals surface area contributed by atoms with E-state index in [0.717, 1.165) is 32.7 Å². The Morgan fingerprint density at radius 2 is 1.76 bits per heavy atom. The van der Waals surface area contributed by atoms with Crippen LogP contribution in [-0.4, -0.2) is 69.6 Å². The SMILES string of the molecule is CCN1CCN(C(=O)CCCN(c2ccc(Cl)cc2)S(C)(=O)=O)CC1. The average Bonchev–Trinajstić information content (AvgIpc) is 2.58. The second-order valence-corrected chi connectivity index (χ2v) is 8.57. The predicted octanol–water partition coefficient (Wildman–Crippen LogP) is 2.05. The third-order valence-corrected chi connectivity index (χ3v) is 5.89. The number of carbonyl (C=O) groups is 1. The number of nitrogens with zero attached hydrogens (tertiary/aromatic N) is 3. The van der Waals surface area contributed by atoms with Gasteiger partial charge in [-0.3, -0.25) is 9.10 Å². The Bertz CT molecular complexity index is 671. The molecule has 0 unspecified atom stereocenters. The van der Waals surface area contributed by atoms with Crippen LogP contribution in [0.5, 0.6) is 0 Å². The Balaban J connectivity index is 1.89. The Labute approximate surface area is 155 Å². The summed E-state index contributed by atoms with van der Waals surface area (Å²) < 4.78 is 25.4. The van der Waals surface area contributed by atoms with Gasteiger partial charge < -0.3 is 9.80 Å². The van der Waals surface area contributed by atoms with Gasteiger partial charge >= 0.3 is 0 Å². The van der Waals surface area contributed by atoms with E-state index in [9.17, 15) is 13.2 Å². The normalized spacial score (nSPS) is 16.0. The molecule has 0 atom stereocenters. The lowest BCUT2D eigenvalue weighted by molar-refractivity contribution is -0.132. The molecule has 1 aliphatic rings. The van der Waals surface area contributed by atoms with Gasteiger partial charge in [0.2, 0.25) is 15.9 Å². The first-order valence-corrected chi connectivity index (χ1v) is 10.8. The summed E-state index contributed by atoms with van der Waals surface area (Å²) >= 11 is 5.86. The number of rotatable bonds is 7. The maximum Gasteiger partial charge on any atom is 0.232 e. The summed E-state index contributed by atoms with van der Waals surface area (Å²) in [6.07, 6.45) is 2.02. The van der Waals surface area contributed by atoms with E-state index in [1.54, 1.807) is 24.3 Å². The highest BCUT2D eigenvalue weighted by Crippen LogP contribution is 2.21. The van der Waals surface area contributed by atoms with Crippen LogP contribution in [-0.2, 0) is 14.8 Å². The molecule has 1 saturated heterocycles. The van der Waals surface area contributed by atoms with E-state index in [1.165, 1.54) is 10.6 Å². The maximum atomic E-state index is 12.3. The van der Waals surface area contributed by atoms with E-state index in [0.29, 0.717) is 23.6 Å². The molecular weight excluding hydrogens is 362 g/mol. The van der Waals surface area contributed by atoms with E-state index < -0.39 is 10.0 Å². The molecule has 6 nitrogen and oxygen atoms in total. The molecule has 1 fully saturated rings. The van der Waals surface area contributed by atoms with Crippen LogP contribution in [0.4, 0.5) is 5.69 Å². The second-order valence-electron chi connectivity index (χ2n) is 6.23. The van der Waals surface area contributed by atoms with Gasteiger partial charge in [0.05, 0.1) is 11.9 Å². The third-order valence-electron chi connectivity index (χ3n) is 4.44. The van der Waals surface area contributed by atoms with Crippen molar-refractivity contribution in [2.24, 2.45) is 0 Å². The van der Waals surface area contributed by atoms with Crippen molar-refractivity contribution in [1.29, 1.82) is 0 Å². The zero-order valence-corrected chi connectivity index (χ0v) is 16.4. The number of anilines is 1. The fourth-order valence-corrected chi connectivity index (χ4v) is 4.03. The Kier molecular flexibility index (Phi) is 7.10. The van der Waals surface area contributed by atoms with Crippen molar-refractivity contribution in [3.63, 3.8) is 0 Å². The minimum absolute atomic E-state index is 0.0975. The van der Waals surface area contributed by atoms with Crippen molar-refractivity contribution in [1.82, 2.24) is 9.80 Å². The minimum atomic E-state index is -3.41. The van der Waals surface area contributed by atoms with Gasteiger partial charge in [-0.05, 0) is 37.2 Å². The molecule has 2 rings (SSSR count). The molecule has 8 heteroatoms. The molecule has 140 valence electrons. The van der Waals surface area contributed by atoms with Gasteiger partial charge in [-0.2, -0.15) is 0 Å². The molecule has 1 amide bonds. The highest BCUT2D eigenvalue weighted by molar-refractivity contribution is 7.92. The van der Waals surface area contributed by atoms with Crippen molar-refractivity contribution in [3.05, 3.63) is 29.3 Å². The van der Waals surface area contributed by atoms with E-state index in [2.05, 4.69) is 11.8 Å². The van der Waals surface area contributed by atoms with Crippen LogP contribution in [0, 0.1) is 0 Å². The van der Waals surface area contributed by atoms with Crippen LogP contribution in [0.1, 0.15) is 19.8 Å². The third kappa shape index (κ3) is 5.87. The van der Waals surface area contributed by atoms with Crippen molar-refractivity contribution >= 4 is 33.2 Å². The molecule has 1 aliphatic heterocycles. The number of likely N-dealkylation sites (N-methyl/N-ethyl adjacent to an activating group) is 1. The summed E-state index contributed by atoms with van der Waals surface area (Å²) in [5, 5.41) is 0.554. The summed E-state index contributed by atoms with van der Waals surface area (Å²) in [6, 6.07) is 6.67. The first-order chi connectivity index (χ1) is 11.8. The van der Waals surface area contributed by atoms with Gasteiger partial charge in [-0.25, -0.2) is 8.42 Å². The van der Waals surface area contributed by atoms with Crippen LogP contribution < -0.4 is 4.31 Å². The monoisotopic (exact) mass is 387 g/mol. The van der Waals surface area contributed by atoms with E-state index >= 15 is 0 Å². The van der Waals surface area contributed by atoms with Crippen molar-refractivity contribution in [3.8, 4) is 0 Å². The molecule has 1 aromatic rings. The maximum absolute atomic E-state index is 12.3. The van der Waals surface area contributed by atoms with Crippen molar-refractivity contribution in [2.45, 2.75) is 19.8 Å². The molecule has 0 N–H and O–H groups in total. The molecule has 0 aliphatic carbocycles. The van der Waals surface area contributed by atoms with Crippen LogP contribution >= 0.6 is 11.6 Å². The molecule has 0 saturated carbocycles. The summed E-state index contributed by atoms with van der Waals surface area (Å²) in [5.74, 6) is 0.0975. The Morgan fingerprint density at radius 3 is 2.28 bits per heavy atom. The molecule has 25 heavy (non-hydrogen) atoms. The summed E-state index contributed by atoms with van der Waals surface area (Å²) in [5.41, 5.74) is 0.566. The standard InChI is InChI=1S/C17H26ClN3O3S/c1-3-19-11-13-20(14-12-19)17(22)5-4-10-21(25(2,23)24)16-8-6-15(18)7-9-16/h6-9H,3-5,10-14H2,1-2H3. The van der Waals surface area contributed by atoms with Gasteiger partial charge in [-0.1, -0.05) is 18.5 Å². The average molecular weight is 388 g/mol. The van der Waals surface area contributed by atoms with Crippen LogP contribution in [0.15, 0.2) is 24.3 Å². The first kappa shape index (κ1) is 20.0. The minimum Gasteiger partial charge on any atom is -0.340 e. The molecule has 0 aromatic heterocycles. The molecular formula is C17H26ClN3O3S. The molecule has 0 spiro atoms. The predicted molar refractivity (Wildman–Crippen MR) is 102 cm³/mol. The smallest absolute Gasteiger partial charge is 0.232 e. The topological polar surface area (TPSA) is 60.9 Å². The Morgan fingerprint density at radius 1 is 1.16 bits per heavy atom. The fourth-order valence-electron chi connectivity index (χ4n) is 2.94. The van der Waals surface area contributed by atoms with Gasteiger partial charge in [0, 0.05) is 44.2 Å². The largest absolute Gasteiger partial charge is 0.340 e. The number of amides is 1. The quantitative estimate of drug-likeness (QED) is 0.718. The number of carbonyl (C=O) groups excluding carboxylic acids is 1. The van der Waals surface area contributed by atoms with Gasteiger partial charge in [0.15, 0.2) is 0 Å². The van der Waals surface area contributed by atoms with E-state index in [1.807, 2.05) is 4.90 Å². The van der Waals surface area contributed by atoms with Gasteiger partial charge in [0.1, 0.15) is 0 Å². The Hall–Kier alpha value is -1.31. The highest BCUT2D eigenvalue weighted by atomic mass is 35.5. The number of hydrogen-bond acceptors (Lipinski definition) is 4. The van der Waals surface area contributed by atoms with Crippen molar-refractivity contribution < 1.29 is 13.2 Å². The van der Waals surface area contributed by atoms with E-state index in [4.69, 9.17) is 11.6 Å². The summed E-state index contributed by atoms with van der Waals surface area (Å²) in [4.78, 5) is 16.5. The second kappa shape index (κ2) is 8.87. The van der Waals surface area contributed by atoms with E-state index in [-0.39, 0.29) is 12.5 Å². The number of sulfonamides is 1. The lowest BCUT2D eigenvalue weighted by atomic mass is 10.2.